The van der Waals surface area contributed by atoms with Crippen molar-refractivity contribution in [1.82, 2.24) is 14.9 Å². The van der Waals surface area contributed by atoms with E-state index in [9.17, 15) is 9.59 Å². The molecule has 1 aromatic heterocycles. The lowest BCUT2D eigenvalue weighted by atomic mass is 10.2. The molecule has 0 spiro atoms. The molecule has 1 N–H and O–H groups in total. The fraction of sp³-hybridized carbons (Fsp3) is 0.353. The van der Waals surface area contributed by atoms with Crippen molar-refractivity contribution in [3.05, 3.63) is 52.4 Å². The maximum Gasteiger partial charge on any atom is 0.264 e. The fourth-order valence-corrected chi connectivity index (χ4v) is 2.73. The van der Waals surface area contributed by atoms with Crippen LogP contribution in [0.5, 0.6) is 0 Å². The van der Waals surface area contributed by atoms with Gasteiger partial charge in [0.25, 0.3) is 11.5 Å². The number of hydrogen-bond donors (Lipinski definition) is 1. The van der Waals surface area contributed by atoms with Gasteiger partial charge in [0.05, 0.1) is 0 Å². The Balaban J connectivity index is 1.86. The van der Waals surface area contributed by atoms with Crippen LogP contribution in [-0.4, -0.2) is 33.9 Å². The Morgan fingerprint density at radius 1 is 1.05 bits per heavy atom. The molecule has 1 aromatic carbocycles. The Morgan fingerprint density at radius 3 is 2.36 bits per heavy atom. The van der Waals surface area contributed by atoms with Gasteiger partial charge in [0.2, 0.25) is 0 Å². The van der Waals surface area contributed by atoms with Gasteiger partial charge in [-0.15, -0.1) is 0 Å². The van der Waals surface area contributed by atoms with Crippen LogP contribution in [-0.2, 0) is 0 Å². The summed E-state index contributed by atoms with van der Waals surface area (Å²) in [7, 11) is 0. The molecule has 2 aromatic rings. The van der Waals surface area contributed by atoms with Crippen molar-refractivity contribution in [2.24, 2.45) is 0 Å². The van der Waals surface area contributed by atoms with Crippen LogP contribution in [0.15, 0.2) is 41.3 Å². The number of carbonyl (C=O) groups excluding carboxylic acids is 1. The summed E-state index contributed by atoms with van der Waals surface area (Å²) in [6.45, 7) is 1.44. The van der Waals surface area contributed by atoms with Gasteiger partial charge in [-0.1, -0.05) is 43.2 Å². The first-order valence-corrected chi connectivity index (χ1v) is 7.70. The van der Waals surface area contributed by atoms with Crippen LogP contribution < -0.4 is 5.56 Å². The SMILES string of the molecule is O=C(c1cnc(-c2ccccc2)[nH]c1=O)N1CCCCCC1. The molecule has 22 heavy (non-hydrogen) atoms. The van der Waals surface area contributed by atoms with Crippen molar-refractivity contribution in [2.75, 3.05) is 13.1 Å². The van der Waals surface area contributed by atoms with Gasteiger partial charge in [0.15, 0.2) is 0 Å². The second kappa shape index (κ2) is 6.56. The molecule has 1 amide bonds. The zero-order valence-electron chi connectivity index (χ0n) is 12.4. The quantitative estimate of drug-likeness (QED) is 0.926. The van der Waals surface area contributed by atoms with Gasteiger partial charge >= 0.3 is 0 Å². The van der Waals surface area contributed by atoms with Gasteiger partial charge in [-0.05, 0) is 12.8 Å². The van der Waals surface area contributed by atoms with E-state index in [1.54, 1.807) is 4.90 Å². The largest absolute Gasteiger partial charge is 0.338 e. The summed E-state index contributed by atoms with van der Waals surface area (Å²) in [5.74, 6) is 0.272. The van der Waals surface area contributed by atoms with Crippen LogP contribution >= 0.6 is 0 Å². The predicted octanol–water partition coefficient (Wildman–Crippen LogP) is 2.45. The minimum Gasteiger partial charge on any atom is -0.338 e. The van der Waals surface area contributed by atoms with Crippen LogP contribution in [0.3, 0.4) is 0 Å². The van der Waals surface area contributed by atoms with E-state index in [4.69, 9.17) is 0 Å². The molecule has 1 aliphatic rings. The van der Waals surface area contributed by atoms with E-state index in [1.807, 2.05) is 30.3 Å². The Hall–Kier alpha value is -2.43. The number of rotatable bonds is 2. The van der Waals surface area contributed by atoms with Crippen LogP contribution in [0.4, 0.5) is 0 Å². The standard InChI is InChI=1S/C17H19N3O2/c21-16-14(17(22)20-10-6-1-2-7-11-20)12-18-15(19-16)13-8-4-3-5-9-13/h3-5,8-9,12H,1-2,6-7,10-11H2,(H,18,19,21). The van der Waals surface area contributed by atoms with Crippen molar-refractivity contribution in [3.8, 4) is 11.4 Å². The Kier molecular flexibility index (Phi) is 4.32. The maximum absolute atomic E-state index is 12.5. The number of hydrogen-bond acceptors (Lipinski definition) is 3. The molecule has 114 valence electrons. The first-order chi connectivity index (χ1) is 10.8. The number of H-pyrrole nitrogens is 1. The van der Waals surface area contributed by atoms with Crippen molar-refractivity contribution < 1.29 is 4.79 Å². The predicted molar refractivity (Wildman–Crippen MR) is 84.7 cm³/mol. The zero-order valence-corrected chi connectivity index (χ0v) is 12.4. The number of likely N-dealkylation sites (tertiary alicyclic amines) is 1. The number of aromatic nitrogens is 2. The number of aromatic amines is 1. The highest BCUT2D eigenvalue weighted by molar-refractivity contribution is 5.93. The zero-order chi connectivity index (χ0) is 15.4. The highest BCUT2D eigenvalue weighted by Crippen LogP contribution is 2.14. The molecular formula is C17H19N3O2. The monoisotopic (exact) mass is 297 g/mol. The Bertz CT molecular complexity index is 701. The third-order valence-corrected chi connectivity index (χ3v) is 3.97. The highest BCUT2D eigenvalue weighted by atomic mass is 16.2. The number of nitrogens with zero attached hydrogens (tertiary/aromatic N) is 2. The summed E-state index contributed by atoms with van der Waals surface area (Å²) in [5, 5.41) is 0. The van der Waals surface area contributed by atoms with Gasteiger partial charge in [-0.2, -0.15) is 0 Å². The summed E-state index contributed by atoms with van der Waals surface area (Å²) in [4.78, 5) is 33.5. The number of carbonyl (C=O) groups is 1. The molecule has 2 heterocycles. The van der Waals surface area contributed by atoms with E-state index < -0.39 is 0 Å². The van der Waals surface area contributed by atoms with Crippen LogP contribution in [0.1, 0.15) is 36.0 Å². The van der Waals surface area contributed by atoms with Gasteiger partial charge in [-0.25, -0.2) is 4.98 Å². The lowest BCUT2D eigenvalue weighted by molar-refractivity contribution is 0.0759. The molecule has 3 rings (SSSR count). The van der Waals surface area contributed by atoms with E-state index in [1.165, 1.54) is 6.20 Å². The fourth-order valence-electron chi connectivity index (χ4n) is 2.73. The number of benzene rings is 1. The summed E-state index contributed by atoms with van der Waals surface area (Å²) in [6.07, 6.45) is 5.68. The summed E-state index contributed by atoms with van der Waals surface area (Å²) in [6, 6.07) is 9.40. The number of amides is 1. The normalized spacial score (nSPS) is 15.4. The minimum absolute atomic E-state index is 0.126. The van der Waals surface area contributed by atoms with E-state index in [-0.39, 0.29) is 17.0 Å². The third kappa shape index (κ3) is 3.08. The van der Waals surface area contributed by atoms with E-state index in [0.717, 1.165) is 44.3 Å². The Morgan fingerprint density at radius 2 is 1.73 bits per heavy atom. The number of nitrogens with one attached hydrogen (secondary N) is 1. The van der Waals surface area contributed by atoms with Crippen LogP contribution in [0, 0.1) is 0 Å². The first-order valence-electron chi connectivity index (χ1n) is 7.70. The molecule has 1 fully saturated rings. The molecule has 0 unspecified atom stereocenters. The second-order valence-electron chi connectivity index (χ2n) is 5.55. The van der Waals surface area contributed by atoms with Crippen LogP contribution in [0.2, 0.25) is 0 Å². The van der Waals surface area contributed by atoms with Crippen molar-refractivity contribution >= 4 is 5.91 Å². The van der Waals surface area contributed by atoms with Crippen molar-refractivity contribution in [1.29, 1.82) is 0 Å². The van der Waals surface area contributed by atoms with Gasteiger partial charge in [-0.3, -0.25) is 9.59 Å². The van der Waals surface area contributed by atoms with E-state index in [2.05, 4.69) is 9.97 Å². The summed E-state index contributed by atoms with van der Waals surface area (Å²) >= 11 is 0. The third-order valence-electron chi connectivity index (χ3n) is 3.97. The second-order valence-corrected chi connectivity index (χ2v) is 5.55. The van der Waals surface area contributed by atoms with Gasteiger partial charge in [0, 0.05) is 24.8 Å². The summed E-state index contributed by atoms with van der Waals surface area (Å²) in [5.41, 5.74) is 0.582. The minimum atomic E-state index is -0.372. The lowest BCUT2D eigenvalue weighted by Gasteiger charge is -2.19. The molecule has 0 saturated carbocycles. The first kappa shape index (κ1) is 14.5. The van der Waals surface area contributed by atoms with E-state index in [0.29, 0.717) is 5.82 Å². The molecule has 5 heteroatoms. The molecular weight excluding hydrogens is 278 g/mol. The molecule has 1 aliphatic heterocycles. The topological polar surface area (TPSA) is 66.1 Å². The highest BCUT2D eigenvalue weighted by Gasteiger charge is 2.20. The average molecular weight is 297 g/mol. The summed E-state index contributed by atoms with van der Waals surface area (Å²) < 4.78 is 0. The molecule has 1 saturated heterocycles. The van der Waals surface area contributed by atoms with Gasteiger partial charge < -0.3 is 9.88 Å². The molecule has 0 atom stereocenters. The van der Waals surface area contributed by atoms with E-state index >= 15 is 0 Å². The maximum atomic E-state index is 12.5. The van der Waals surface area contributed by atoms with Crippen molar-refractivity contribution in [2.45, 2.75) is 25.7 Å². The molecule has 0 aliphatic carbocycles. The molecule has 0 bridgehead atoms. The van der Waals surface area contributed by atoms with Gasteiger partial charge in [0.1, 0.15) is 11.4 Å². The van der Waals surface area contributed by atoms with Crippen molar-refractivity contribution in [3.63, 3.8) is 0 Å². The average Bonchev–Trinajstić information content (AvgIpc) is 2.84. The molecule has 0 radical (unpaired) electrons. The smallest absolute Gasteiger partial charge is 0.264 e. The molecule has 5 nitrogen and oxygen atoms in total. The Labute approximate surface area is 129 Å². The van der Waals surface area contributed by atoms with Crippen LogP contribution in [0.25, 0.3) is 11.4 Å². The lowest BCUT2D eigenvalue weighted by Crippen LogP contribution is -2.35.